The minimum Gasteiger partial charge on any atom is -0.326 e. The van der Waals surface area contributed by atoms with Crippen molar-refractivity contribution in [3.8, 4) is 33.4 Å². The Morgan fingerprint density at radius 1 is 0.585 bits per heavy atom. The van der Waals surface area contributed by atoms with Gasteiger partial charge in [0, 0.05) is 26.1 Å². The molecular formula is C53H48BrClN2O2S6. The number of hydrogen-bond acceptors (Lipinski definition) is 8. The van der Waals surface area contributed by atoms with Crippen LogP contribution in [0.2, 0.25) is 0 Å². The predicted octanol–water partition coefficient (Wildman–Crippen LogP) is 17.6. The minimum absolute atomic E-state index is 0. The lowest BCUT2D eigenvalue weighted by Gasteiger charge is -2.05. The highest BCUT2D eigenvalue weighted by atomic mass is 79.9. The molecule has 0 bridgehead atoms. The number of hydrogen-bond donors (Lipinski definition) is 2. The molecule has 0 aliphatic carbocycles. The minimum atomic E-state index is -3.46. The van der Waals surface area contributed by atoms with E-state index in [1.807, 2.05) is 102 Å². The van der Waals surface area contributed by atoms with Crippen LogP contribution in [0, 0.1) is 6.57 Å². The number of thiophene rings is 3. The molecule has 6 aromatic carbocycles. The Morgan fingerprint density at radius 3 is 1.45 bits per heavy atom. The average molecular weight is 1050 g/mol. The largest absolute Gasteiger partial charge is 0.326 e. The highest BCUT2D eigenvalue weighted by Crippen LogP contribution is 2.35. The molecule has 0 aliphatic rings. The van der Waals surface area contributed by atoms with E-state index in [2.05, 4.69) is 131 Å². The first-order chi connectivity index (χ1) is 30.6. The SMILES string of the molecule is C.CCc1ccc(Sc2ccc(-c3ccccc3)cc2)s1.Cl.NCc1ccc(S(=O)(=O)c2ccc(-c3ccccc3)cc2)s1.Sc1ccc(-c2ccccc2)cc1.[C-]#[N+]c1ccc(Br)s1. The van der Waals surface area contributed by atoms with Crippen LogP contribution in [-0.4, -0.2) is 8.42 Å². The van der Waals surface area contributed by atoms with E-state index in [1.54, 1.807) is 30.3 Å². The van der Waals surface area contributed by atoms with E-state index in [-0.39, 0.29) is 19.8 Å². The lowest BCUT2D eigenvalue weighted by atomic mass is 10.1. The van der Waals surface area contributed by atoms with Crippen molar-refractivity contribution in [3.63, 3.8) is 0 Å². The van der Waals surface area contributed by atoms with Gasteiger partial charge in [-0.1, -0.05) is 154 Å². The van der Waals surface area contributed by atoms with Gasteiger partial charge in [0.25, 0.3) is 0 Å². The van der Waals surface area contributed by atoms with Crippen LogP contribution in [0.5, 0.6) is 0 Å². The third kappa shape index (κ3) is 16.0. The average Bonchev–Trinajstić information content (AvgIpc) is 4.13. The maximum Gasteiger partial charge on any atom is 0.242 e. The van der Waals surface area contributed by atoms with E-state index in [0.29, 0.717) is 15.6 Å². The number of nitrogens with zero attached hydrogens (tertiary/aromatic N) is 1. The summed E-state index contributed by atoms with van der Waals surface area (Å²) in [5.41, 5.74) is 12.6. The van der Waals surface area contributed by atoms with E-state index >= 15 is 0 Å². The second-order valence-corrected chi connectivity index (χ2v) is 22.3. The lowest BCUT2D eigenvalue weighted by molar-refractivity contribution is 0.598. The molecule has 9 aromatic rings. The van der Waals surface area contributed by atoms with Crippen molar-refractivity contribution < 1.29 is 8.42 Å². The molecular weight excluding hydrogens is 1000 g/mol. The number of benzene rings is 6. The zero-order chi connectivity index (χ0) is 44.4. The van der Waals surface area contributed by atoms with Gasteiger partial charge in [-0.05, 0) is 129 Å². The summed E-state index contributed by atoms with van der Waals surface area (Å²) < 4.78 is 27.9. The first-order valence-electron chi connectivity index (χ1n) is 19.7. The third-order valence-electron chi connectivity index (χ3n) is 9.18. The smallest absolute Gasteiger partial charge is 0.242 e. The van der Waals surface area contributed by atoms with E-state index in [9.17, 15) is 8.42 Å². The van der Waals surface area contributed by atoms with Crippen molar-refractivity contribution in [2.24, 2.45) is 5.73 Å². The zero-order valence-corrected chi connectivity index (χ0v) is 42.0. The molecule has 0 saturated carbocycles. The Hall–Kier alpha value is -4.71. The van der Waals surface area contributed by atoms with Crippen LogP contribution in [-0.2, 0) is 22.8 Å². The van der Waals surface area contributed by atoms with Crippen LogP contribution < -0.4 is 5.73 Å². The van der Waals surface area contributed by atoms with E-state index in [0.717, 1.165) is 36.1 Å². The number of aryl methyl sites for hydroxylation is 1. The molecule has 2 N–H and O–H groups in total. The van der Waals surface area contributed by atoms with Crippen molar-refractivity contribution in [2.45, 2.75) is 50.4 Å². The maximum absolute atomic E-state index is 12.6. The van der Waals surface area contributed by atoms with Crippen molar-refractivity contribution in [2.75, 3.05) is 0 Å². The Labute approximate surface area is 421 Å². The lowest BCUT2D eigenvalue weighted by Crippen LogP contribution is -1.99. The molecule has 0 fully saturated rings. The van der Waals surface area contributed by atoms with Gasteiger partial charge in [0.15, 0.2) is 0 Å². The second-order valence-electron chi connectivity index (χ2n) is 13.5. The van der Waals surface area contributed by atoms with Gasteiger partial charge >= 0.3 is 0 Å². The molecule has 0 unspecified atom stereocenters. The van der Waals surface area contributed by atoms with Gasteiger partial charge < -0.3 is 5.73 Å². The zero-order valence-electron chi connectivity index (χ0n) is 34.6. The molecule has 3 heterocycles. The molecule has 332 valence electrons. The summed E-state index contributed by atoms with van der Waals surface area (Å²) >= 11 is 13.9. The Kier molecular flexibility index (Phi) is 22.0. The van der Waals surface area contributed by atoms with Crippen LogP contribution in [0.4, 0.5) is 5.00 Å². The summed E-state index contributed by atoms with van der Waals surface area (Å²) in [5.74, 6) is 0. The fourth-order valence-electron chi connectivity index (χ4n) is 5.90. The van der Waals surface area contributed by atoms with Crippen LogP contribution >= 0.6 is 86.7 Å². The third-order valence-corrected chi connectivity index (χ3v) is 16.7. The molecule has 3 aromatic heterocycles. The number of sulfone groups is 1. The van der Waals surface area contributed by atoms with Crippen LogP contribution in [0.3, 0.4) is 0 Å². The molecule has 0 atom stereocenters. The summed E-state index contributed by atoms with van der Waals surface area (Å²) in [6.07, 6.45) is 1.12. The normalized spacial score (nSPS) is 10.2. The summed E-state index contributed by atoms with van der Waals surface area (Å²) in [4.78, 5) is 8.15. The summed E-state index contributed by atoms with van der Waals surface area (Å²) in [6, 6.07) is 66.1. The summed E-state index contributed by atoms with van der Waals surface area (Å²) in [7, 11) is -3.46. The van der Waals surface area contributed by atoms with Crippen molar-refractivity contribution in [3.05, 3.63) is 225 Å². The van der Waals surface area contributed by atoms with Gasteiger partial charge in [-0.25, -0.2) is 13.3 Å². The molecule has 9 rings (SSSR count). The van der Waals surface area contributed by atoms with Gasteiger partial charge in [0.2, 0.25) is 14.8 Å². The maximum atomic E-state index is 12.6. The first-order valence-corrected chi connectivity index (χ1v) is 25.7. The van der Waals surface area contributed by atoms with E-state index < -0.39 is 9.84 Å². The standard InChI is InChI=1S/C18H16S2.C17H15NO2S2.C12H10S.C5H2BrNS.CH4.ClH/c1-2-16-12-13-18(19-16)20-17-10-8-15(9-11-17)14-6-4-3-5-7-14;18-12-15-8-11-17(21-15)22(19,20)16-9-6-14(7-10-16)13-4-2-1-3-5-13;13-12-8-6-11(7-9-12)10-4-2-1-3-5-10;1-7-5-3-2-4(6)8-5;;/h3-13H,2H2,1H3;1-11H,12,18H2;1-9,13H;2-3H;1H4;1H. The fraction of sp³-hybridized carbons (Fsp3) is 0.0755. The molecule has 0 radical (unpaired) electrons. The first kappa shape index (κ1) is 52.9. The predicted molar refractivity (Wildman–Crippen MR) is 291 cm³/mol. The highest BCUT2D eigenvalue weighted by Gasteiger charge is 2.20. The molecule has 0 saturated heterocycles. The molecule has 0 spiro atoms. The van der Waals surface area contributed by atoms with E-state index in [4.69, 9.17) is 12.3 Å². The molecule has 0 aliphatic heterocycles. The number of nitrogens with two attached hydrogens (primary N) is 1. The summed E-state index contributed by atoms with van der Waals surface area (Å²) in [5, 5.41) is 0.733. The van der Waals surface area contributed by atoms with Crippen LogP contribution in [0.25, 0.3) is 38.2 Å². The quantitative estimate of drug-likeness (QED) is 0.112. The fourth-order valence-corrected chi connectivity index (χ4v) is 11.9. The summed E-state index contributed by atoms with van der Waals surface area (Å²) in [6.45, 7) is 9.13. The van der Waals surface area contributed by atoms with Crippen LogP contribution in [0.15, 0.2) is 227 Å². The Bertz CT molecular complexity index is 2910. The Morgan fingerprint density at radius 2 is 1.05 bits per heavy atom. The van der Waals surface area contributed by atoms with Crippen LogP contribution in [0.1, 0.15) is 24.1 Å². The highest BCUT2D eigenvalue weighted by molar-refractivity contribution is 9.11. The number of rotatable bonds is 9. The Balaban J connectivity index is 0.000000198. The number of halogens is 2. The van der Waals surface area contributed by atoms with E-state index in [1.165, 1.54) is 58.9 Å². The number of thiol groups is 1. The van der Waals surface area contributed by atoms with Crippen molar-refractivity contribution in [1.82, 2.24) is 0 Å². The second kappa shape index (κ2) is 27.1. The van der Waals surface area contributed by atoms with Gasteiger partial charge in [0.05, 0.1) is 19.5 Å². The molecule has 65 heavy (non-hydrogen) atoms. The van der Waals surface area contributed by atoms with Gasteiger partial charge in [0.1, 0.15) is 4.21 Å². The van der Waals surface area contributed by atoms with Crippen molar-refractivity contribution >= 4 is 102 Å². The molecule has 4 nitrogen and oxygen atoms in total. The topological polar surface area (TPSA) is 64.5 Å². The van der Waals surface area contributed by atoms with Gasteiger partial charge in [-0.15, -0.1) is 59.0 Å². The molecule has 0 amide bonds. The monoisotopic (exact) mass is 1050 g/mol. The van der Waals surface area contributed by atoms with Gasteiger partial charge in [-0.2, -0.15) is 0 Å². The van der Waals surface area contributed by atoms with Gasteiger partial charge in [-0.3, -0.25) is 0 Å². The van der Waals surface area contributed by atoms with Crippen molar-refractivity contribution in [1.29, 1.82) is 0 Å². The molecule has 12 heteroatoms.